The van der Waals surface area contributed by atoms with E-state index in [0.29, 0.717) is 16.1 Å². The van der Waals surface area contributed by atoms with Crippen LogP contribution in [0.3, 0.4) is 0 Å². The zero-order valence-corrected chi connectivity index (χ0v) is 13.0. The lowest BCUT2D eigenvalue weighted by Crippen LogP contribution is -2.14. The molecule has 3 aromatic carbocycles. The average molecular weight is 321 g/mol. The van der Waals surface area contributed by atoms with E-state index in [1.165, 1.54) is 0 Å². The third-order valence-corrected chi connectivity index (χ3v) is 3.82. The predicted molar refractivity (Wildman–Crippen MR) is 92.0 cm³/mol. The molecule has 23 heavy (non-hydrogen) atoms. The van der Waals surface area contributed by atoms with Crippen LogP contribution in [0.25, 0.3) is 11.1 Å². The van der Waals surface area contributed by atoms with E-state index in [0.717, 1.165) is 11.1 Å². The van der Waals surface area contributed by atoms with Crippen LogP contribution in [0.5, 0.6) is 0 Å². The Morgan fingerprint density at radius 2 is 1.00 bits per heavy atom. The van der Waals surface area contributed by atoms with E-state index in [1.54, 1.807) is 36.4 Å². The molecular formula is C20H13ClO2. The molecule has 3 aromatic rings. The first-order chi connectivity index (χ1) is 11.1. The number of hydrogen-bond acceptors (Lipinski definition) is 2. The quantitative estimate of drug-likeness (QED) is 0.496. The first-order valence-corrected chi connectivity index (χ1v) is 7.53. The first-order valence-electron chi connectivity index (χ1n) is 7.15. The second-order valence-corrected chi connectivity index (χ2v) is 5.54. The van der Waals surface area contributed by atoms with Crippen LogP contribution in [0.4, 0.5) is 0 Å². The van der Waals surface area contributed by atoms with Gasteiger partial charge in [-0.3, -0.25) is 9.59 Å². The molecule has 0 amide bonds. The van der Waals surface area contributed by atoms with Gasteiger partial charge in [0.05, 0.1) is 0 Å². The Labute approximate surface area is 139 Å². The van der Waals surface area contributed by atoms with Gasteiger partial charge in [0.15, 0.2) is 0 Å². The van der Waals surface area contributed by atoms with Gasteiger partial charge in [0.1, 0.15) is 0 Å². The maximum Gasteiger partial charge on any atom is 0.233 e. The van der Waals surface area contributed by atoms with Crippen molar-refractivity contribution in [3.05, 3.63) is 95.0 Å². The van der Waals surface area contributed by atoms with E-state index >= 15 is 0 Å². The standard InChI is InChI=1S/C20H13ClO2/c21-18-12-10-17(11-13-18)20(23)19(22)16-8-6-15(7-9-16)14-4-2-1-3-5-14/h1-13H. The Morgan fingerprint density at radius 1 is 0.565 bits per heavy atom. The topological polar surface area (TPSA) is 34.1 Å². The molecule has 0 saturated heterocycles. The largest absolute Gasteiger partial charge is 0.285 e. The van der Waals surface area contributed by atoms with Gasteiger partial charge in [-0.2, -0.15) is 0 Å². The Morgan fingerprint density at radius 3 is 1.52 bits per heavy atom. The van der Waals surface area contributed by atoms with Crippen molar-refractivity contribution in [3.8, 4) is 11.1 Å². The summed E-state index contributed by atoms with van der Waals surface area (Å²) in [6.07, 6.45) is 0. The van der Waals surface area contributed by atoms with Gasteiger partial charge >= 0.3 is 0 Å². The predicted octanol–water partition coefficient (Wildman–Crippen LogP) is 5.07. The number of benzene rings is 3. The fourth-order valence-corrected chi connectivity index (χ4v) is 2.43. The molecule has 0 aliphatic carbocycles. The molecule has 3 rings (SSSR count). The van der Waals surface area contributed by atoms with Crippen LogP contribution in [0.1, 0.15) is 20.7 Å². The van der Waals surface area contributed by atoms with Gasteiger partial charge in [-0.05, 0) is 35.4 Å². The Bertz CT molecular complexity index is 835. The number of carbonyl (C=O) groups excluding carboxylic acids is 2. The summed E-state index contributed by atoms with van der Waals surface area (Å²) in [5.41, 5.74) is 2.78. The van der Waals surface area contributed by atoms with Crippen molar-refractivity contribution < 1.29 is 9.59 Å². The van der Waals surface area contributed by atoms with E-state index in [-0.39, 0.29) is 0 Å². The minimum atomic E-state index is -0.533. The minimum Gasteiger partial charge on any atom is -0.285 e. The summed E-state index contributed by atoms with van der Waals surface area (Å²) in [5.74, 6) is -1.05. The monoisotopic (exact) mass is 320 g/mol. The van der Waals surface area contributed by atoms with Gasteiger partial charge in [-0.25, -0.2) is 0 Å². The fourth-order valence-electron chi connectivity index (χ4n) is 2.31. The molecular weight excluding hydrogens is 308 g/mol. The van der Waals surface area contributed by atoms with Gasteiger partial charge in [-0.1, -0.05) is 66.2 Å². The van der Waals surface area contributed by atoms with Gasteiger partial charge in [0, 0.05) is 16.1 Å². The van der Waals surface area contributed by atoms with E-state index in [1.807, 2.05) is 42.5 Å². The van der Waals surface area contributed by atoms with Crippen LogP contribution in [0, 0.1) is 0 Å². The molecule has 0 spiro atoms. The highest BCUT2D eigenvalue weighted by Gasteiger charge is 2.18. The van der Waals surface area contributed by atoms with E-state index < -0.39 is 11.6 Å². The van der Waals surface area contributed by atoms with Crippen LogP contribution in [-0.2, 0) is 0 Å². The smallest absolute Gasteiger partial charge is 0.233 e. The zero-order valence-electron chi connectivity index (χ0n) is 12.2. The highest BCUT2D eigenvalue weighted by molar-refractivity contribution is 6.49. The number of rotatable bonds is 4. The van der Waals surface area contributed by atoms with Gasteiger partial charge in [0.2, 0.25) is 11.6 Å². The van der Waals surface area contributed by atoms with Crippen molar-refractivity contribution in [2.24, 2.45) is 0 Å². The molecule has 0 N–H and O–H groups in total. The molecule has 0 aromatic heterocycles. The van der Waals surface area contributed by atoms with Crippen molar-refractivity contribution in [1.82, 2.24) is 0 Å². The van der Waals surface area contributed by atoms with E-state index in [2.05, 4.69) is 0 Å². The fraction of sp³-hybridized carbons (Fsp3) is 0. The summed E-state index contributed by atoms with van der Waals surface area (Å²) in [6.45, 7) is 0. The third kappa shape index (κ3) is 3.38. The summed E-state index contributed by atoms with van der Waals surface area (Å²) in [4.78, 5) is 24.5. The third-order valence-electron chi connectivity index (χ3n) is 3.57. The molecule has 3 heteroatoms. The lowest BCUT2D eigenvalue weighted by Gasteiger charge is -2.04. The van der Waals surface area contributed by atoms with Crippen molar-refractivity contribution in [3.63, 3.8) is 0 Å². The van der Waals surface area contributed by atoms with Gasteiger partial charge in [0.25, 0.3) is 0 Å². The van der Waals surface area contributed by atoms with Gasteiger partial charge in [-0.15, -0.1) is 0 Å². The second-order valence-electron chi connectivity index (χ2n) is 5.11. The van der Waals surface area contributed by atoms with Crippen molar-refractivity contribution in [2.75, 3.05) is 0 Å². The highest BCUT2D eigenvalue weighted by atomic mass is 35.5. The van der Waals surface area contributed by atoms with Crippen LogP contribution >= 0.6 is 11.6 Å². The number of hydrogen-bond donors (Lipinski definition) is 0. The maximum atomic E-state index is 12.3. The molecule has 0 saturated carbocycles. The molecule has 0 unspecified atom stereocenters. The summed E-state index contributed by atoms with van der Waals surface area (Å²) >= 11 is 5.79. The van der Waals surface area contributed by atoms with Crippen LogP contribution in [-0.4, -0.2) is 11.6 Å². The van der Waals surface area contributed by atoms with Crippen LogP contribution < -0.4 is 0 Å². The number of Topliss-reactive ketones (excluding diaryl/α,β-unsaturated/α-hetero) is 2. The maximum absolute atomic E-state index is 12.3. The summed E-state index contributed by atoms with van der Waals surface area (Å²) in [5, 5.41) is 0.529. The molecule has 0 aliphatic heterocycles. The normalized spacial score (nSPS) is 10.3. The molecule has 0 heterocycles. The number of halogens is 1. The average Bonchev–Trinajstić information content (AvgIpc) is 2.62. The van der Waals surface area contributed by atoms with Gasteiger partial charge < -0.3 is 0 Å². The van der Waals surface area contributed by atoms with Crippen molar-refractivity contribution in [1.29, 1.82) is 0 Å². The molecule has 0 bridgehead atoms. The van der Waals surface area contributed by atoms with Crippen LogP contribution in [0.2, 0.25) is 5.02 Å². The second kappa shape index (κ2) is 6.59. The Hall–Kier alpha value is -2.71. The van der Waals surface area contributed by atoms with Crippen LogP contribution in [0.15, 0.2) is 78.9 Å². The molecule has 0 aliphatic rings. The summed E-state index contributed by atoms with van der Waals surface area (Å²) in [7, 11) is 0. The summed E-state index contributed by atoms with van der Waals surface area (Å²) in [6, 6.07) is 23.2. The zero-order chi connectivity index (χ0) is 16.2. The SMILES string of the molecule is O=C(C(=O)c1ccc(-c2ccccc2)cc1)c1ccc(Cl)cc1. The number of carbonyl (C=O) groups is 2. The molecule has 0 radical (unpaired) electrons. The minimum absolute atomic E-state index is 0.339. The lowest BCUT2D eigenvalue weighted by molar-refractivity contribution is 0.0817. The van der Waals surface area contributed by atoms with Crippen molar-refractivity contribution >= 4 is 23.2 Å². The Kier molecular flexibility index (Phi) is 4.35. The molecule has 2 nitrogen and oxygen atoms in total. The molecule has 0 atom stereocenters. The lowest BCUT2D eigenvalue weighted by atomic mass is 9.98. The van der Waals surface area contributed by atoms with Crippen molar-refractivity contribution in [2.45, 2.75) is 0 Å². The molecule has 112 valence electrons. The van der Waals surface area contributed by atoms with E-state index in [4.69, 9.17) is 11.6 Å². The molecule has 0 fully saturated rings. The highest BCUT2D eigenvalue weighted by Crippen LogP contribution is 2.20. The number of ketones is 2. The first kappa shape index (κ1) is 15.2. The summed E-state index contributed by atoms with van der Waals surface area (Å²) < 4.78 is 0. The van der Waals surface area contributed by atoms with E-state index in [9.17, 15) is 9.59 Å². The Balaban J connectivity index is 1.83.